The highest BCUT2D eigenvalue weighted by atomic mass is 19.4. The van der Waals surface area contributed by atoms with Gasteiger partial charge < -0.3 is 9.84 Å². The molecule has 2 aromatic carbocycles. The lowest BCUT2D eigenvalue weighted by Gasteiger charge is -2.25. The molecule has 9 heteroatoms. The van der Waals surface area contributed by atoms with E-state index in [2.05, 4.69) is 6.58 Å². The zero-order valence-electron chi connectivity index (χ0n) is 18.8. The molecule has 33 heavy (non-hydrogen) atoms. The predicted octanol–water partition coefficient (Wildman–Crippen LogP) is 5.52. The van der Waals surface area contributed by atoms with Crippen LogP contribution < -0.4 is 9.64 Å². The molecule has 0 atom stereocenters. The van der Waals surface area contributed by atoms with Crippen molar-refractivity contribution in [3.63, 3.8) is 0 Å². The number of rotatable bonds is 6. The van der Waals surface area contributed by atoms with Crippen molar-refractivity contribution in [2.45, 2.75) is 46.0 Å². The fourth-order valence-electron chi connectivity index (χ4n) is 3.60. The van der Waals surface area contributed by atoms with E-state index in [1.807, 2.05) is 12.1 Å². The summed E-state index contributed by atoms with van der Waals surface area (Å²) in [4.78, 5) is 27.2. The van der Waals surface area contributed by atoms with Gasteiger partial charge in [-0.1, -0.05) is 18.7 Å². The molecule has 0 saturated carbocycles. The van der Waals surface area contributed by atoms with Crippen LogP contribution in [0.5, 0.6) is 5.75 Å². The zero-order chi connectivity index (χ0) is 24.7. The molecule has 1 fully saturated rings. The van der Waals surface area contributed by atoms with Crippen LogP contribution in [0.3, 0.4) is 0 Å². The van der Waals surface area contributed by atoms with Gasteiger partial charge in [-0.05, 0) is 68.7 Å². The standard InChI is InChI=1S/C24H25F3N2O4/c1-14-10-17(11-15(2)20(14)33-23(4,5)21(30)31)13-28-16(3)12-29(22(28)32)19-8-6-18(7-9-19)24(25,26)27/h6-11H,3,12-13H2,1-2,4-5H3,(H,30,31). The summed E-state index contributed by atoms with van der Waals surface area (Å²) >= 11 is 0. The van der Waals surface area contributed by atoms with Crippen molar-refractivity contribution in [3.05, 3.63) is 70.9 Å². The molecular formula is C24H25F3N2O4. The normalized spacial score (nSPS) is 14.8. The van der Waals surface area contributed by atoms with Gasteiger partial charge in [0.1, 0.15) is 5.75 Å². The van der Waals surface area contributed by atoms with Gasteiger partial charge in [-0.3, -0.25) is 9.80 Å². The fourth-order valence-corrected chi connectivity index (χ4v) is 3.60. The maximum Gasteiger partial charge on any atom is 0.416 e. The molecule has 1 N–H and O–H groups in total. The lowest BCUT2D eigenvalue weighted by atomic mass is 10.0. The van der Waals surface area contributed by atoms with E-state index in [4.69, 9.17) is 4.74 Å². The van der Waals surface area contributed by atoms with Crippen LogP contribution in [-0.4, -0.2) is 34.2 Å². The first-order chi connectivity index (χ1) is 15.2. The zero-order valence-corrected chi connectivity index (χ0v) is 18.8. The number of aryl methyl sites for hydroxylation is 2. The number of carbonyl (C=O) groups excluding carboxylic acids is 1. The number of aliphatic carboxylic acids is 1. The van der Waals surface area contributed by atoms with Gasteiger partial charge in [0.25, 0.3) is 0 Å². The molecule has 0 bridgehead atoms. The molecule has 0 unspecified atom stereocenters. The Morgan fingerprint density at radius 3 is 2.15 bits per heavy atom. The summed E-state index contributed by atoms with van der Waals surface area (Å²) in [5.41, 5.74) is 0.902. The van der Waals surface area contributed by atoms with Gasteiger partial charge in [0, 0.05) is 11.4 Å². The molecule has 176 valence electrons. The van der Waals surface area contributed by atoms with Crippen molar-refractivity contribution < 1.29 is 32.6 Å². The van der Waals surface area contributed by atoms with Gasteiger partial charge in [-0.2, -0.15) is 13.2 Å². The van der Waals surface area contributed by atoms with Crippen LogP contribution in [0.1, 0.15) is 36.1 Å². The van der Waals surface area contributed by atoms with Gasteiger partial charge in [0.15, 0.2) is 5.60 Å². The molecule has 6 nitrogen and oxygen atoms in total. The molecular weight excluding hydrogens is 437 g/mol. The number of amides is 2. The number of nitrogens with zero attached hydrogens (tertiary/aromatic N) is 2. The third-order valence-electron chi connectivity index (χ3n) is 5.42. The van der Waals surface area contributed by atoms with Gasteiger partial charge in [-0.15, -0.1) is 0 Å². The lowest BCUT2D eigenvalue weighted by molar-refractivity contribution is -0.152. The maximum absolute atomic E-state index is 13.0. The molecule has 0 radical (unpaired) electrons. The Morgan fingerprint density at radius 2 is 1.67 bits per heavy atom. The number of carbonyl (C=O) groups is 2. The molecule has 3 rings (SSSR count). The van der Waals surface area contributed by atoms with E-state index in [-0.39, 0.29) is 19.1 Å². The van der Waals surface area contributed by atoms with E-state index in [1.54, 1.807) is 13.8 Å². The van der Waals surface area contributed by atoms with Crippen LogP contribution in [-0.2, 0) is 17.5 Å². The molecule has 1 aliphatic rings. The van der Waals surface area contributed by atoms with Crippen molar-refractivity contribution in [2.75, 3.05) is 11.4 Å². The van der Waals surface area contributed by atoms with Crippen molar-refractivity contribution in [3.8, 4) is 5.75 Å². The van der Waals surface area contributed by atoms with Crippen molar-refractivity contribution in [1.82, 2.24) is 4.90 Å². The highest BCUT2D eigenvalue weighted by Crippen LogP contribution is 2.34. The van der Waals surface area contributed by atoms with Crippen LogP contribution in [0, 0.1) is 13.8 Å². The van der Waals surface area contributed by atoms with Gasteiger partial charge in [0.2, 0.25) is 0 Å². The number of hydrogen-bond acceptors (Lipinski definition) is 3. The summed E-state index contributed by atoms with van der Waals surface area (Å²) in [7, 11) is 0. The third kappa shape index (κ3) is 4.97. The highest BCUT2D eigenvalue weighted by molar-refractivity contribution is 5.96. The minimum absolute atomic E-state index is 0.163. The van der Waals surface area contributed by atoms with E-state index in [1.165, 1.54) is 35.8 Å². The Kier molecular flexibility index (Phi) is 6.19. The van der Waals surface area contributed by atoms with Crippen molar-refractivity contribution in [1.29, 1.82) is 0 Å². The Balaban J connectivity index is 1.79. The van der Waals surface area contributed by atoms with Gasteiger partial charge >= 0.3 is 18.2 Å². The second-order valence-electron chi connectivity index (χ2n) is 8.54. The smallest absolute Gasteiger partial charge is 0.416 e. The van der Waals surface area contributed by atoms with E-state index < -0.39 is 23.3 Å². The van der Waals surface area contributed by atoms with Crippen molar-refractivity contribution in [2.24, 2.45) is 0 Å². The van der Waals surface area contributed by atoms with E-state index in [0.29, 0.717) is 17.1 Å². The van der Waals surface area contributed by atoms with E-state index in [0.717, 1.165) is 28.8 Å². The first-order valence-corrected chi connectivity index (χ1v) is 10.2. The van der Waals surface area contributed by atoms with Gasteiger partial charge in [-0.25, -0.2) is 9.59 Å². The number of carboxylic acid groups (broad SMARTS) is 1. The molecule has 1 aliphatic heterocycles. The number of benzene rings is 2. The number of anilines is 1. The largest absolute Gasteiger partial charge is 0.478 e. The third-order valence-corrected chi connectivity index (χ3v) is 5.42. The number of alkyl halides is 3. The van der Waals surface area contributed by atoms with E-state index >= 15 is 0 Å². The number of hydrogen-bond donors (Lipinski definition) is 1. The maximum atomic E-state index is 13.0. The van der Waals surface area contributed by atoms with Crippen LogP contribution in [0.25, 0.3) is 0 Å². The van der Waals surface area contributed by atoms with E-state index in [9.17, 15) is 27.9 Å². The first-order valence-electron chi connectivity index (χ1n) is 10.2. The molecule has 0 aliphatic carbocycles. The Labute approximate surface area is 189 Å². The number of ether oxygens (including phenoxy) is 1. The summed E-state index contributed by atoms with van der Waals surface area (Å²) in [5, 5.41) is 9.32. The average molecular weight is 462 g/mol. The second-order valence-corrected chi connectivity index (χ2v) is 8.54. The number of halogens is 3. The van der Waals surface area contributed by atoms with Crippen LogP contribution in [0.4, 0.5) is 23.7 Å². The topological polar surface area (TPSA) is 70.1 Å². The van der Waals surface area contributed by atoms with Crippen LogP contribution in [0.2, 0.25) is 0 Å². The second kappa shape index (κ2) is 8.46. The van der Waals surface area contributed by atoms with Crippen LogP contribution in [0.15, 0.2) is 48.7 Å². The molecule has 0 spiro atoms. The summed E-state index contributed by atoms with van der Waals surface area (Å²) < 4.78 is 44.2. The minimum Gasteiger partial charge on any atom is -0.478 e. The molecule has 2 amide bonds. The summed E-state index contributed by atoms with van der Waals surface area (Å²) in [6.07, 6.45) is -4.45. The number of urea groups is 1. The average Bonchev–Trinajstić information content (AvgIpc) is 2.98. The summed E-state index contributed by atoms with van der Waals surface area (Å²) in [5.74, 6) is -0.628. The monoisotopic (exact) mass is 462 g/mol. The first kappa shape index (κ1) is 24.2. The van der Waals surface area contributed by atoms with Crippen LogP contribution >= 0.6 is 0 Å². The number of carboxylic acids is 1. The summed E-state index contributed by atoms with van der Waals surface area (Å²) in [6.45, 7) is 10.8. The Hall–Kier alpha value is -3.49. The highest BCUT2D eigenvalue weighted by Gasteiger charge is 2.35. The lowest BCUT2D eigenvalue weighted by Crippen LogP contribution is -2.38. The fraction of sp³-hybridized carbons (Fsp3) is 0.333. The molecule has 1 heterocycles. The minimum atomic E-state index is -4.45. The predicted molar refractivity (Wildman–Crippen MR) is 117 cm³/mol. The van der Waals surface area contributed by atoms with Gasteiger partial charge in [0.05, 0.1) is 18.7 Å². The summed E-state index contributed by atoms with van der Waals surface area (Å²) in [6, 6.07) is 7.64. The van der Waals surface area contributed by atoms with Crippen molar-refractivity contribution >= 4 is 17.7 Å². The molecule has 1 saturated heterocycles. The Bertz CT molecular complexity index is 1080. The Morgan fingerprint density at radius 1 is 1.12 bits per heavy atom. The molecule has 2 aromatic rings. The quantitative estimate of drug-likeness (QED) is 0.614. The molecule has 0 aromatic heterocycles. The SMILES string of the molecule is C=C1CN(c2ccc(C(F)(F)F)cc2)C(=O)N1Cc1cc(C)c(OC(C)(C)C(=O)O)c(C)c1.